The number of rotatable bonds is 9. The van der Waals surface area contributed by atoms with E-state index < -0.39 is 0 Å². The molecule has 0 aliphatic carbocycles. The second-order valence-electron chi connectivity index (χ2n) is 33.4. The van der Waals surface area contributed by atoms with Crippen LogP contribution < -0.4 is 26.2 Å². The average Bonchev–Trinajstić information content (AvgIpc) is 1.14. The van der Waals surface area contributed by atoms with E-state index in [9.17, 15) is 0 Å². The topological polar surface area (TPSA) is 16.3 Å². The summed E-state index contributed by atoms with van der Waals surface area (Å²) in [4.78, 5) is 5.40. The number of para-hydroxylation sites is 2. The van der Waals surface area contributed by atoms with Gasteiger partial charge in [-0.2, -0.15) is 0 Å². The summed E-state index contributed by atoms with van der Waals surface area (Å²) in [5.41, 5.74) is 33.8. The van der Waals surface area contributed by atoms with Crippen molar-refractivity contribution in [2.24, 2.45) is 0 Å². The summed E-state index contributed by atoms with van der Waals surface area (Å²) in [7, 11) is 0. The molecule has 0 fully saturated rings. The van der Waals surface area contributed by atoms with Crippen LogP contribution in [0.5, 0.6) is 0 Å². The largest absolute Gasteiger partial charge is 0.310 e. The Bertz CT molecular complexity index is 5500. The van der Waals surface area contributed by atoms with Gasteiger partial charge in [-0.1, -0.05) is 308 Å². The fourth-order valence-corrected chi connectivity index (χ4v) is 17.0. The summed E-state index contributed by atoms with van der Waals surface area (Å²) in [5, 5.41) is 5.04. The van der Waals surface area contributed by atoms with Crippen LogP contribution in [0.1, 0.15) is 105 Å². The second-order valence-corrected chi connectivity index (χ2v) is 33.4. The minimum absolute atomic E-state index is 0.0564. The van der Waals surface area contributed by atoms with Gasteiger partial charge in [-0.05, 0) is 179 Å². The molecular weight excluding hydrogens is 1270 g/mol. The minimum Gasteiger partial charge on any atom is -0.310 e. The van der Waals surface area contributed by atoms with Crippen molar-refractivity contribution in [2.75, 3.05) is 9.80 Å². The van der Waals surface area contributed by atoms with Gasteiger partial charge in [-0.15, -0.1) is 0 Å². The van der Waals surface area contributed by atoms with Crippen molar-refractivity contribution >= 4 is 101 Å². The molecule has 18 rings (SSSR count). The molecule has 510 valence electrons. The Hall–Kier alpha value is -11.7. The highest BCUT2D eigenvalue weighted by atomic mass is 15.2. The molecule has 5 heteroatoms. The molecule has 2 aliphatic heterocycles. The SMILES string of the molecule is CC(C)(C)c1ccc2c(c1)c1cc(C(C)(C)C)ccc1n2-c1ccc2c(c1)N(c1c(-c3ccccc3)cccc1-c1ccccc1)c1cc(-c3ccccc3)cc3c1B2c1ccc(-n2c4ccc(C(C)(C)C)cc4c4cc(C(C)(C)C)ccc42)cc1N3c1c(-c2ccccc2)cccc1-c1ccccc1. The van der Waals surface area contributed by atoms with Gasteiger partial charge in [0.25, 0.3) is 6.71 Å². The summed E-state index contributed by atoms with van der Waals surface area (Å²) in [6.07, 6.45) is 0. The van der Waals surface area contributed by atoms with Gasteiger partial charge in [0.2, 0.25) is 0 Å². The first-order valence-electron chi connectivity index (χ1n) is 37.4. The second kappa shape index (κ2) is 24.5. The Labute approximate surface area is 619 Å². The van der Waals surface area contributed by atoms with Gasteiger partial charge in [0.05, 0.1) is 33.4 Å². The van der Waals surface area contributed by atoms with Crippen LogP contribution in [0.3, 0.4) is 0 Å². The molecule has 0 saturated carbocycles. The van der Waals surface area contributed by atoms with Crippen molar-refractivity contribution in [3.63, 3.8) is 0 Å². The lowest BCUT2D eigenvalue weighted by Gasteiger charge is -2.46. The average molecular weight is 1360 g/mol. The predicted octanol–water partition coefficient (Wildman–Crippen LogP) is 25.5. The van der Waals surface area contributed by atoms with Crippen LogP contribution in [0.4, 0.5) is 34.1 Å². The Morgan fingerprint density at radius 3 is 0.781 bits per heavy atom. The number of benzene rings is 14. The summed E-state index contributed by atoms with van der Waals surface area (Å²) in [6, 6.07) is 118. The van der Waals surface area contributed by atoms with Gasteiger partial charge in [0, 0.05) is 77.9 Å². The van der Waals surface area contributed by atoms with Crippen LogP contribution in [-0.2, 0) is 21.7 Å². The Morgan fingerprint density at radius 1 is 0.229 bits per heavy atom. The highest BCUT2D eigenvalue weighted by Gasteiger charge is 2.46. The molecule has 0 bridgehead atoms. The number of hydrogen-bond donors (Lipinski definition) is 0. The van der Waals surface area contributed by atoms with E-state index in [4.69, 9.17) is 0 Å². The summed E-state index contributed by atoms with van der Waals surface area (Å²) >= 11 is 0. The number of aromatic nitrogens is 2. The van der Waals surface area contributed by atoms with Gasteiger partial charge >= 0.3 is 0 Å². The third-order valence-corrected chi connectivity index (χ3v) is 22.5. The minimum atomic E-state index is -0.253. The smallest absolute Gasteiger partial charge is 0.252 e. The molecule has 0 spiro atoms. The van der Waals surface area contributed by atoms with Crippen molar-refractivity contribution in [1.82, 2.24) is 9.13 Å². The molecule has 0 saturated heterocycles. The zero-order valence-electron chi connectivity index (χ0n) is 62.3. The highest BCUT2D eigenvalue weighted by molar-refractivity contribution is 7.00. The van der Waals surface area contributed by atoms with Crippen molar-refractivity contribution < 1.29 is 0 Å². The van der Waals surface area contributed by atoms with E-state index in [1.54, 1.807) is 0 Å². The van der Waals surface area contributed by atoms with Crippen molar-refractivity contribution in [3.05, 3.63) is 332 Å². The molecule has 0 unspecified atom stereocenters. The zero-order valence-corrected chi connectivity index (χ0v) is 62.3. The molecule has 4 heterocycles. The molecule has 16 aromatic rings. The standard InChI is InChI=1S/C100H87BN4/c1-97(2,3)70-44-52-86-80(58-70)81-59-71(98(4,5)6)45-53-87(81)102(86)74-48-50-84-90(62-74)104(95-76(65-32-20-14-21-33-65)40-28-41-77(95)66-34-22-15-23-35-66)92-56-69(64-30-18-13-19-31-64)57-93-94(92)101(84)85-51-49-75(103-88-54-46-72(99(7,8)9)60-82(88)83-61-73(100(10,11)12)47-55-89(83)103)63-91(85)105(93)96-78(67-36-24-16-25-37-67)42-29-43-79(96)68-38-26-17-27-39-68/h13-63H,1-12H3. The molecule has 0 radical (unpaired) electrons. The van der Waals surface area contributed by atoms with Crippen LogP contribution in [0, 0.1) is 0 Å². The van der Waals surface area contributed by atoms with E-state index in [1.165, 1.54) is 82.3 Å². The quantitative estimate of drug-likeness (QED) is 0.134. The maximum absolute atomic E-state index is 2.70. The number of anilines is 6. The molecule has 14 aromatic carbocycles. The van der Waals surface area contributed by atoms with E-state index in [2.05, 4.69) is 411 Å². The van der Waals surface area contributed by atoms with Crippen LogP contribution >= 0.6 is 0 Å². The first-order chi connectivity index (χ1) is 50.6. The predicted molar refractivity (Wildman–Crippen MR) is 451 cm³/mol. The van der Waals surface area contributed by atoms with E-state index in [0.29, 0.717) is 0 Å². The molecule has 0 atom stereocenters. The lowest BCUT2D eigenvalue weighted by molar-refractivity contribution is 0.590. The summed E-state index contributed by atoms with van der Waals surface area (Å²) < 4.78 is 5.11. The van der Waals surface area contributed by atoms with Crippen molar-refractivity contribution in [2.45, 2.75) is 105 Å². The normalized spacial score (nSPS) is 13.1. The van der Waals surface area contributed by atoms with E-state index in [1.807, 2.05) is 0 Å². The third kappa shape index (κ3) is 11.0. The fourth-order valence-electron chi connectivity index (χ4n) is 17.0. The number of nitrogens with zero attached hydrogens (tertiary/aromatic N) is 4. The Kier molecular flexibility index (Phi) is 15.3. The fraction of sp³-hybridized carbons (Fsp3) is 0.160. The zero-order chi connectivity index (χ0) is 72.0. The van der Waals surface area contributed by atoms with Crippen LogP contribution in [0.25, 0.3) is 111 Å². The molecule has 2 aromatic heterocycles. The number of hydrogen-bond acceptors (Lipinski definition) is 2. The molecular formula is C100H87BN4. The van der Waals surface area contributed by atoms with Gasteiger partial charge < -0.3 is 18.9 Å². The van der Waals surface area contributed by atoms with Gasteiger partial charge in [-0.25, -0.2) is 0 Å². The molecule has 2 aliphatic rings. The summed E-state index contributed by atoms with van der Waals surface area (Å²) in [5.74, 6) is 0. The maximum atomic E-state index is 2.70. The first-order valence-corrected chi connectivity index (χ1v) is 37.4. The van der Waals surface area contributed by atoms with Crippen LogP contribution in [-0.4, -0.2) is 15.8 Å². The molecule has 0 amide bonds. The molecule has 0 N–H and O–H groups in total. The van der Waals surface area contributed by atoms with Crippen LogP contribution in [0.2, 0.25) is 0 Å². The Morgan fingerprint density at radius 2 is 0.505 bits per heavy atom. The van der Waals surface area contributed by atoms with Crippen molar-refractivity contribution in [1.29, 1.82) is 0 Å². The lowest BCUT2D eigenvalue weighted by Crippen LogP contribution is -2.61. The van der Waals surface area contributed by atoms with Crippen molar-refractivity contribution in [3.8, 4) is 67.0 Å². The van der Waals surface area contributed by atoms with Gasteiger partial charge in [-0.3, -0.25) is 0 Å². The first kappa shape index (κ1) is 65.4. The maximum Gasteiger partial charge on any atom is 0.252 e. The monoisotopic (exact) mass is 1350 g/mol. The Balaban J connectivity index is 1.01. The highest BCUT2D eigenvalue weighted by Crippen LogP contribution is 2.55. The molecule has 105 heavy (non-hydrogen) atoms. The van der Waals surface area contributed by atoms with E-state index in [0.717, 1.165) is 101 Å². The summed E-state index contributed by atoms with van der Waals surface area (Å²) in [6.45, 7) is 27.7. The molecule has 4 nitrogen and oxygen atoms in total. The third-order valence-electron chi connectivity index (χ3n) is 22.5. The van der Waals surface area contributed by atoms with Gasteiger partial charge in [0.15, 0.2) is 0 Å². The number of fused-ring (bicyclic) bond motifs is 10. The van der Waals surface area contributed by atoms with E-state index >= 15 is 0 Å². The lowest BCUT2D eigenvalue weighted by atomic mass is 9.33. The van der Waals surface area contributed by atoms with Gasteiger partial charge in [0.1, 0.15) is 0 Å². The van der Waals surface area contributed by atoms with E-state index in [-0.39, 0.29) is 28.4 Å². The van der Waals surface area contributed by atoms with Crippen LogP contribution in [0.15, 0.2) is 309 Å².